The van der Waals surface area contributed by atoms with Gasteiger partial charge in [-0.25, -0.2) is 0 Å². The monoisotopic (exact) mass is 202 g/mol. The van der Waals surface area contributed by atoms with Crippen LogP contribution in [0.15, 0.2) is 0 Å². The third-order valence-electron chi connectivity index (χ3n) is 0.636. The first-order valence-corrected chi connectivity index (χ1v) is 6.83. The fraction of sp³-hybridized carbons (Fsp3) is 0. The smallest absolute Gasteiger partial charge is 0.427 e. The summed E-state index contributed by atoms with van der Waals surface area (Å²) in [4.78, 5) is 17.4. The molecule has 0 radical (unpaired) electrons. The van der Waals surface area contributed by atoms with Crippen LogP contribution in [0.3, 0.4) is 0 Å². The van der Waals surface area contributed by atoms with E-state index in [1.54, 1.807) is 0 Å². The summed E-state index contributed by atoms with van der Waals surface area (Å²) in [5.74, 6) is 0. The second-order valence-electron chi connectivity index (χ2n) is 1.22. The quantitative estimate of drug-likeness (QED) is 0.447. The van der Waals surface area contributed by atoms with E-state index < -0.39 is 19.1 Å². The Balaban J connectivity index is 3.22. The first-order chi connectivity index (χ1) is 4.20. The fourth-order valence-corrected chi connectivity index (χ4v) is 3.90. The average Bonchev–Trinajstić information content (AvgIpc) is 1.87. The molecular formula is H10O5Si4. The molecule has 2 atom stereocenters. The molecule has 2 N–H and O–H groups in total. The molecule has 0 aliphatic carbocycles. The summed E-state index contributed by atoms with van der Waals surface area (Å²) in [6.07, 6.45) is 0. The Kier molecular flexibility index (Phi) is 5.86. The first-order valence-electron chi connectivity index (χ1n) is 2.28. The molecule has 0 aliphatic rings. The van der Waals surface area contributed by atoms with Gasteiger partial charge in [-0.1, -0.05) is 0 Å². The van der Waals surface area contributed by atoms with Crippen molar-refractivity contribution in [3.63, 3.8) is 0 Å². The van der Waals surface area contributed by atoms with Gasteiger partial charge >= 0.3 is 19.1 Å². The molecule has 9 heteroatoms. The van der Waals surface area contributed by atoms with Crippen molar-refractivity contribution in [2.45, 2.75) is 0 Å². The molecule has 9 heavy (non-hydrogen) atoms. The topological polar surface area (TPSA) is 68.2 Å². The summed E-state index contributed by atoms with van der Waals surface area (Å²) in [6, 6.07) is 0. The Labute approximate surface area is 62.6 Å². The zero-order valence-corrected chi connectivity index (χ0v) is 11.6. The summed E-state index contributed by atoms with van der Waals surface area (Å²) in [6.45, 7) is 0. The lowest BCUT2D eigenvalue weighted by atomic mass is 15.7. The van der Waals surface area contributed by atoms with E-state index in [-0.39, 0.29) is 0 Å². The highest BCUT2D eigenvalue weighted by Gasteiger charge is 2.14. The van der Waals surface area contributed by atoms with Crippen LogP contribution in [0.5, 0.6) is 0 Å². The molecule has 0 fully saturated rings. The molecular weight excluding hydrogens is 192 g/mol. The SMILES string of the molecule is O[SiH](O[SiH3])O[SiH](O)O[SiH3]. The predicted molar refractivity (Wildman–Crippen MR) is 41.9 cm³/mol. The highest BCUT2D eigenvalue weighted by Crippen LogP contribution is 1.84. The Morgan fingerprint density at radius 3 is 1.56 bits per heavy atom. The van der Waals surface area contributed by atoms with Gasteiger partial charge in [-0.15, -0.1) is 0 Å². The molecule has 56 valence electrons. The molecule has 2 unspecified atom stereocenters. The summed E-state index contributed by atoms with van der Waals surface area (Å²) in [7, 11) is -4.10. The van der Waals surface area contributed by atoms with Crippen molar-refractivity contribution in [2.75, 3.05) is 0 Å². The van der Waals surface area contributed by atoms with Crippen LogP contribution >= 0.6 is 0 Å². The van der Waals surface area contributed by atoms with Crippen molar-refractivity contribution in [2.24, 2.45) is 0 Å². The molecule has 0 amide bonds. The molecule has 0 heterocycles. The van der Waals surface area contributed by atoms with E-state index >= 15 is 0 Å². The van der Waals surface area contributed by atoms with Gasteiger partial charge in [0.2, 0.25) is 0 Å². The van der Waals surface area contributed by atoms with Crippen LogP contribution in [0, 0.1) is 0 Å². The molecule has 0 rings (SSSR count). The van der Waals surface area contributed by atoms with Gasteiger partial charge in [0.1, 0.15) is 21.0 Å². The van der Waals surface area contributed by atoms with Crippen molar-refractivity contribution in [1.82, 2.24) is 0 Å². The molecule has 5 nitrogen and oxygen atoms in total. The standard InChI is InChI=1S/H10O5Si4/c1-8(3-6)5-9(2)4-7/h1-2,8-9H,6-7H3. The van der Waals surface area contributed by atoms with E-state index in [1.807, 2.05) is 0 Å². The Hall–Kier alpha value is 0.668. The van der Waals surface area contributed by atoms with Crippen LogP contribution in [0.4, 0.5) is 0 Å². The van der Waals surface area contributed by atoms with Gasteiger partial charge in [0.15, 0.2) is 0 Å². The van der Waals surface area contributed by atoms with Crippen LogP contribution in [-0.4, -0.2) is 49.6 Å². The van der Waals surface area contributed by atoms with Gasteiger partial charge in [0.05, 0.1) is 0 Å². The lowest BCUT2D eigenvalue weighted by molar-refractivity contribution is 0.234. The number of hydrogen-bond acceptors (Lipinski definition) is 5. The fourth-order valence-electron chi connectivity index (χ4n) is 0.211. The zero-order chi connectivity index (χ0) is 7.28. The second kappa shape index (κ2) is 5.45. The van der Waals surface area contributed by atoms with Crippen molar-refractivity contribution in [1.29, 1.82) is 0 Å². The Bertz CT molecular complexity index is 58.0. The van der Waals surface area contributed by atoms with Gasteiger partial charge < -0.3 is 21.9 Å². The van der Waals surface area contributed by atoms with E-state index in [1.165, 1.54) is 0 Å². The zero-order valence-electron chi connectivity index (χ0n) is 5.27. The van der Waals surface area contributed by atoms with Crippen molar-refractivity contribution >= 4 is 40.0 Å². The van der Waals surface area contributed by atoms with Gasteiger partial charge in [0, 0.05) is 0 Å². The van der Waals surface area contributed by atoms with E-state index in [0.717, 1.165) is 0 Å². The lowest BCUT2D eigenvalue weighted by Gasteiger charge is -2.10. The molecule has 0 bridgehead atoms. The summed E-state index contributed by atoms with van der Waals surface area (Å²) < 4.78 is 13.7. The number of rotatable bonds is 4. The van der Waals surface area contributed by atoms with Crippen molar-refractivity contribution in [3.8, 4) is 0 Å². The minimum absolute atomic E-state index is 0.434. The second-order valence-corrected chi connectivity index (χ2v) is 7.31. The summed E-state index contributed by atoms with van der Waals surface area (Å²) >= 11 is 0. The van der Waals surface area contributed by atoms with Crippen LogP contribution in [0.1, 0.15) is 0 Å². The van der Waals surface area contributed by atoms with Crippen LogP contribution in [0.25, 0.3) is 0 Å². The van der Waals surface area contributed by atoms with Crippen LogP contribution in [-0.2, 0) is 12.3 Å². The minimum atomic E-state index is -2.49. The molecule has 0 saturated carbocycles. The molecule has 0 saturated heterocycles. The molecule has 0 spiro atoms. The van der Waals surface area contributed by atoms with Crippen molar-refractivity contribution < 1.29 is 21.9 Å². The third-order valence-corrected chi connectivity index (χ3v) is 5.72. The van der Waals surface area contributed by atoms with Crippen molar-refractivity contribution in [3.05, 3.63) is 0 Å². The van der Waals surface area contributed by atoms with E-state index in [0.29, 0.717) is 21.0 Å². The summed E-state index contributed by atoms with van der Waals surface area (Å²) in [5, 5.41) is 0. The normalized spacial score (nSPS) is 18.0. The van der Waals surface area contributed by atoms with E-state index in [9.17, 15) is 0 Å². The molecule has 0 aromatic carbocycles. The van der Waals surface area contributed by atoms with Gasteiger partial charge in [-0.2, -0.15) is 0 Å². The van der Waals surface area contributed by atoms with E-state index in [4.69, 9.17) is 9.59 Å². The Morgan fingerprint density at radius 1 is 1.00 bits per heavy atom. The maximum atomic E-state index is 8.70. The van der Waals surface area contributed by atoms with Gasteiger partial charge in [0.25, 0.3) is 0 Å². The van der Waals surface area contributed by atoms with Gasteiger partial charge in [-0.3, -0.25) is 0 Å². The van der Waals surface area contributed by atoms with Gasteiger partial charge in [-0.05, 0) is 0 Å². The highest BCUT2D eigenvalue weighted by atomic mass is 28.4. The Morgan fingerprint density at radius 2 is 1.33 bits per heavy atom. The van der Waals surface area contributed by atoms with E-state index in [2.05, 4.69) is 12.3 Å². The molecule has 0 aromatic heterocycles. The first kappa shape index (κ1) is 9.67. The third kappa shape index (κ3) is 5.13. The predicted octanol–water partition coefficient (Wildman–Crippen LogP) is -4.98. The average molecular weight is 202 g/mol. The summed E-state index contributed by atoms with van der Waals surface area (Å²) in [5.41, 5.74) is 0. The lowest BCUT2D eigenvalue weighted by Crippen LogP contribution is -2.33. The van der Waals surface area contributed by atoms with Crippen LogP contribution in [0.2, 0.25) is 0 Å². The largest absolute Gasteiger partial charge is 0.462 e. The highest BCUT2D eigenvalue weighted by molar-refractivity contribution is 6.54. The number of hydrogen-bond donors (Lipinski definition) is 2. The molecule has 0 aromatic rings. The minimum Gasteiger partial charge on any atom is -0.427 e. The maximum Gasteiger partial charge on any atom is 0.462 e. The maximum absolute atomic E-state index is 8.70. The van der Waals surface area contributed by atoms with Crippen LogP contribution < -0.4 is 0 Å². The molecule has 0 aliphatic heterocycles.